The van der Waals surface area contributed by atoms with E-state index in [1.54, 1.807) is 12.3 Å². The molecule has 1 aliphatic heterocycles. The molecule has 1 saturated heterocycles. The van der Waals surface area contributed by atoms with E-state index in [1.165, 1.54) is 30.7 Å². The molecule has 1 amide bonds. The molecule has 0 saturated carbocycles. The molecule has 32 heavy (non-hydrogen) atoms. The van der Waals surface area contributed by atoms with Crippen molar-refractivity contribution in [1.29, 1.82) is 0 Å². The van der Waals surface area contributed by atoms with Crippen LogP contribution in [0.5, 0.6) is 0 Å². The number of aliphatic hydroxyl groups excluding tert-OH is 1. The van der Waals surface area contributed by atoms with Gasteiger partial charge in [0.15, 0.2) is 28.6 Å². The minimum atomic E-state index is -6.09. The van der Waals surface area contributed by atoms with Crippen LogP contribution < -0.4 is 10.3 Å². The van der Waals surface area contributed by atoms with Crippen molar-refractivity contribution in [2.75, 3.05) is 6.61 Å². The van der Waals surface area contributed by atoms with Crippen molar-refractivity contribution in [2.24, 2.45) is 5.73 Å². The van der Waals surface area contributed by atoms with E-state index in [9.17, 15) is 32.7 Å². The number of nitrogens with two attached hydrogens (primary N) is 1. The van der Waals surface area contributed by atoms with E-state index in [1.807, 2.05) is 0 Å². The second-order valence-corrected chi connectivity index (χ2v) is 7.57. The number of hydrogen-bond donors (Lipinski definition) is 2. The van der Waals surface area contributed by atoms with Crippen LogP contribution in [-0.4, -0.2) is 66.3 Å². The lowest BCUT2D eigenvalue weighted by Gasteiger charge is -2.20. The van der Waals surface area contributed by atoms with Crippen LogP contribution in [0.1, 0.15) is 30.4 Å². The van der Waals surface area contributed by atoms with Gasteiger partial charge in [-0.3, -0.25) is 14.4 Å². The Labute approximate surface area is 179 Å². The summed E-state index contributed by atoms with van der Waals surface area (Å²) in [6, 6.07) is 3.09. The Balaban J connectivity index is 0.000000547. The Bertz CT molecular complexity index is 954. The largest absolute Gasteiger partial charge is 0.741 e. The molecule has 2 heterocycles. The smallest absolute Gasteiger partial charge is 0.485 e. The van der Waals surface area contributed by atoms with E-state index in [0.717, 1.165) is 0 Å². The first-order valence-corrected chi connectivity index (χ1v) is 9.92. The van der Waals surface area contributed by atoms with Crippen LogP contribution in [0.25, 0.3) is 0 Å². The van der Waals surface area contributed by atoms with Crippen molar-refractivity contribution >= 4 is 28.0 Å². The number of halogens is 3. The van der Waals surface area contributed by atoms with E-state index in [2.05, 4.69) is 0 Å². The number of aromatic nitrogens is 1. The Hall–Kier alpha value is -2.82. The Morgan fingerprint density at radius 1 is 1.22 bits per heavy atom. The Kier molecular flexibility index (Phi) is 9.07. The SMILES string of the molecule is CC(=O)O[C@@H]1[C@@H](CO)OC([n+]2cccc(C(N)=O)c2)[C@@H]1OC(C)=O.O=S(=O)([O-])C(F)(F)F. The molecule has 0 spiro atoms. The fourth-order valence-electron chi connectivity index (χ4n) is 2.54. The lowest BCUT2D eigenvalue weighted by atomic mass is 10.1. The fraction of sp³-hybridized carbons (Fsp3) is 0.500. The molecule has 0 radical (unpaired) electrons. The van der Waals surface area contributed by atoms with E-state index in [-0.39, 0.29) is 5.56 Å². The minimum Gasteiger partial charge on any atom is -0.741 e. The summed E-state index contributed by atoms with van der Waals surface area (Å²) in [5, 5.41) is 9.47. The number of carbonyl (C=O) groups excluding carboxylic acids is 3. The van der Waals surface area contributed by atoms with Crippen LogP contribution in [0.3, 0.4) is 0 Å². The van der Waals surface area contributed by atoms with Gasteiger partial charge < -0.3 is 29.6 Å². The average Bonchev–Trinajstić information content (AvgIpc) is 2.97. The third kappa shape index (κ3) is 7.40. The summed E-state index contributed by atoms with van der Waals surface area (Å²) in [5.74, 6) is -1.84. The number of esters is 2. The van der Waals surface area contributed by atoms with Crippen LogP contribution in [0.2, 0.25) is 0 Å². The molecule has 0 aliphatic carbocycles. The summed E-state index contributed by atoms with van der Waals surface area (Å²) in [6.45, 7) is 1.97. The van der Waals surface area contributed by atoms with Gasteiger partial charge in [0.2, 0.25) is 6.10 Å². The first-order chi connectivity index (χ1) is 14.6. The fourth-order valence-corrected chi connectivity index (χ4v) is 2.54. The third-order valence-electron chi connectivity index (χ3n) is 3.75. The van der Waals surface area contributed by atoms with Crippen molar-refractivity contribution in [3.05, 3.63) is 30.1 Å². The monoisotopic (exact) mass is 488 g/mol. The predicted molar refractivity (Wildman–Crippen MR) is 93.0 cm³/mol. The van der Waals surface area contributed by atoms with Gasteiger partial charge in [0, 0.05) is 19.9 Å². The van der Waals surface area contributed by atoms with E-state index in [4.69, 9.17) is 32.9 Å². The molecule has 1 unspecified atom stereocenters. The lowest BCUT2D eigenvalue weighted by Crippen LogP contribution is -2.48. The maximum Gasteiger partial charge on any atom is 0.485 e. The number of hydrogen-bond acceptors (Lipinski definition) is 10. The highest BCUT2D eigenvalue weighted by Gasteiger charge is 2.54. The van der Waals surface area contributed by atoms with Crippen molar-refractivity contribution < 1.29 is 64.4 Å². The van der Waals surface area contributed by atoms with E-state index in [0.29, 0.717) is 0 Å². The Morgan fingerprint density at radius 3 is 2.12 bits per heavy atom. The first kappa shape index (κ1) is 27.2. The molecule has 16 heteroatoms. The van der Waals surface area contributed by atoms with Gasteiger partial charge in [-0.05, 0) is 6.07 Å². The number of rotatable bonds is 5. The van der Waals surface area contributed by atoms with Gasteiger partial charge >= 0.3 is 23.7 Å². The van der Waals surface area contributed by atoms with Crippen LogP contribution in [-0.2, 0) is 33.9 Å². The summed E-state index contributed by atoms with van der Waals surface area (Å²) in [7, 11) is -6.09. The van der Waals surface area contributed by atoms with Crippen LogP contribution in [0.15, 0.2) is 24.5 Å². The predicted octanol–water partition coefficient (Wildman–Crippen LogP) is -1.12. The number of alkyl halides is 3. The maximum absolute atomic E-state index is 11.4. The zero-order chi connectivity index (χ0) is 24.9. The maximum atomic E-state index is 11.4. The zero-order valence-electron chi connectivity index (χ0n) is 16.5. The third-order valence-corrected chi connectivity index (χ3v) is 4.32. The summed E-state index contributed by atoms with van der Waals surface area (Å²) in [6.07, 6.45) is -0.739. The molecule has 3 N–H and O–H groups in total. The minimum absolute atomic E-state index is 0.221. The molecule has 12 nitrogen and oxygen atoms in total. The molecule has 0 bridgehead atoms. The van der Waals surface area contributed by atoms with Gasteiger partial charge in [-0.2, -0.15) is 17.7 Å². The molecule has 1 aromatic rings. The van der Waals surface area contributed by atoms with Crippen molar-refractivity contribution in [3.63, 3.8) is 0 Å². The van der Waals surface area contributed by atoms with E-state index < -0.39 is 64.6 Å². The van der Waals surface area contributed by atoms with E-state index >= 15 is 0 Å². The second kappa shape index (κ2) is 10.7. The quantitative estimate of drug-likeness (QED) is 0.222. The highest BCUT2D eigenvalue weighted by Crippen LogP contribution is 2.30. The molecule has 180 valence electrons. The van der Waals surface area contributed by atoms with Crippen molar-refractivity contribution in [1.82, 2.24) is 0 Å². The van der Waals surface area contributed by atoms with Crippen molar-refractivity contribution in [2.45, 2.75) is 43.9 Å². The number of nitrogens with zero attached hydrogens (tertiary/aromatic N) is 1. The molecule has 1 aromatic heterocycles. The number of ether oxygens (including phenoxy) is 3. The standard InChI is InChI=1S/C15H18N2O7.CHF3O3S/c1-8(19)22-12-11(7-18)24-15(13(12)23-9(2)20)17-5-3-4-10(6-17)14(16)21;2-1(3,4)8(5,6)7/h3-6,11-13,15,18H,7H2,1-2H3,(H-,16,21);(H,5,6,7)/t11-,12-,13-,15?;/m1./s1. The lowest BCUT2D eigenvalue weighted by molar-refractivity contribution is -0.765. The van der Waals surface area contributed by atoms with Crippen LogP contribution in [0, 0.1) is 0 Å². The summed E-state index contributed by atoms with van der Waals surface area (Å²) < 4.78 is 76.4. The van der Waals surface area contributed by atoms with Gasteiger partial charge in [0.25, 0.3) is 5.91 Å². The number of primary amides is 1. The zero-order valence-corrected chi connectivity index (χ0v) is 17.3. The van der Waals surface area contributed by atoms with Gasteiger partial charge in [-0.1, -0.05) is 0 Å². The second-order valence-electron chi connectivity index (χ2n) is 6.20. The molecular formula is C16H19F3N2O10S. The number of pyridine rings is 1. The normalized spacial score (nSPS) is 23.0. The van der Waals surface area contributed by atoms with Gasteiger partial charge in [-0.25, -0.2) is 8.42 Å². The van der Waals surface area contributed by atoms with Gasteiger partial charge in [-0.15, -0.1) is 0 Å². The summed E-state index contributed by atoms with van der Waals surface area (Å²) in [5.41, 5.74) is -0.169. The topological polar surface area (TPSA) is 186 Å². The average molecular weight is 488 g/mol. The number of carbonyl (C=O) groups is 3. The summed E-state index contributed by atoms with van der Waals surface area (Å²) >= 11 is 0. The van der Waals surface area contributed by atoms with Gasteiger partial charge in [0.1, 0.15) is 11.7 Å². The molecule has 1 fully saturated rings. The highest BCUT2D eigenvalue weighted by molar-refractivity contribution is 7.86. The molecule has 2 rings (SSSR count). The molecular weight excluding hydrogens is 469 g/mol. The Morgan fingerprint density at radius 2 is 1.72 bits per heavy atom. The first-order valence-electron chi connectivity index (χ1n) is 8.52. The molecule has 1 aliphatic rings. The molecule has 0 aromatic carbocycles. The molecule has 4 atom stereocenters. The van der Waals surface area contributed by atoms with Gasteiger partial charge in [0.05, 0.1) is 6.61 Å². The highest BCUT2D eigenvalue weighted by atomic mass is 32.2. The van der Waals surface area contributed by atoms with Crippen LogP contribution >= 0.6 is 0 Å². The van der Waals surface area contributed by atoms with Crippen LogP contribution in [0.4, 0.5) is 13.2 Å². The number of amides is 1. The van der Waals surface area contributed by atoms with Crippen molar-refractivity contribution in [3.8, 4) is 0 Å². The number of aliphatic hydroxyl groups is 1. The summed E-state index contributed by atoms with van der Waals surface area (Å²) in [4.78, 5) is 34.1.